The summed E-state index contributed by atoms with van der Waals surface area (Å²) in [6.45, 7) is 3.64. The highest BCUT2D eigenvalue weighted by molar-refractivity contribution is 6.04. The van der Waals surface area contributed by atoms with Crippen LogP contribution < -0.4 is 10.1 Å². The summed E-state index contributed by atoms with van der Waals surface area (Å²) in [4.78, 5) is 58.0. The lowest BCUT2D eigenvalue weighted by Crippen LogP contribution is -2.53. The Balaban J connectivity index is 1.36. The third-order valence-corrected chi connectivity index (χ3v) is 5.83. The molecule has 1 aromatic carbocycles. The fraction of sp³-hybridized carbons (Fsp3) is 0.375. The van der Waals surface area contributed by atoms with Crippen molar-refractivity contribution in [1.82, 2.24) is 19.7 Å². The molecule has 10 heteroatoms. The number of carbonyl (C=O) groups excluding carboxylic acids is 4. The van der Waals surface area contributed by atoms with E-state index < -0.39 is 0 Å². The average molecular weight is 466 g/mol. The summed E-state index contributed by atoms with van der Waals surface area (Å²) in [7, 11) is 0. The zero-order valence-electron chi connectivity index (χ0n) is 19.0. The molecule has 1 N–H and O–H groups in total. The van der Waals surface area contributed by atoms with Crippen LogP contribution in [-0.2, 0) is 14.4 Å². The number of likely N-dealkylation sites (tertiary alicyclic amines) is 1. The van der Waals surface area contributed by atoms with Gasteiger partial charge in [-0.15, -0.1) is 0 Å². The van der Waals surface area contributed by atoms with Crippen molar-refractivity contribution >= 4 is 35.1 Å². The van der Waals surface area contributed by atoms with E-state index in [0.29, 0.717) is 44.2 Å². The number of amides is 4. The molecule has 0 unspecified atom stereocenters. The number of anilines is 2. The smallest absolute Gasteiger partial charge is 0.257 e. The number of piperazine rings is 1. The van der Waals surface area contributed by atoms with Crippen molar-refractivity contribution in [2.75, 3.05) is 44.6 Å². The van der Waals surface area contributed by atoms with Crippen molar-refractivity contribution in [3.8, 4) is 5.75 Å². The number of rotatable bonds is 7. The normalized spacial score (nSPS) is 16.1. The first-order chi connectivity index (χ1) is 16.5. The quantitative estimate of drug-likeness (QED) is 0.619. The molecule has 10 nitrogen and oxygen atoms in total. The van der Waals surface area contributed by atoms with Gasteiger partial charge in [-0.1, -0.05) is 0 Å². The number of imide groups is 1. The SMILES string of the molecule is CCOc1ccc(Nc2ncccc2C(=O)N2CCN(C(=O)CN3C(=O)CCC3=O)CC2)cc1. The molecule has 0 atom stereocenters. The number of aromatic nitrogens is 1. The zero-order chi connectivity index (χ0) is 24.1. The highest BCUT2D eigenvalue weighted by Crippen LogP contribution is 2.23. The molecule has 1 aromatic heterocycles. The fourth-order valence-electron chi connectivity index (χ4n) is 3.98. The lowest BCUT2D eigenvalue weighted by atomic mass is 10.2. The van der Waals surface area contributed by atoms with Crippen LogP contribution in [-0.4, -0.2) is 82.6 Å². The largest absolute Gasteiger partial charge is 0.494 e. The summed E-state index contributed by atoms with van der Waals surface area (Å²) < 4.78 is 5.46. The third kappa shape index (κ3) is 5.16. The maximum Gasteiger partial charge on any atom is 0.257 e. The number of benzene rings is 1. The first kappa shape index (κ1) is 23.2. The molecule has 34 heavy (non-hydrogen) atoms. The van der Waals surface area contributed by atoms with Gasteiger partial charge in [0.25, 0.3) is 5.91 Å². The Hall–Kier alpha value is -3.95. The summed E-state index contributed by atoms with van der Waals surface area (Å²) in [6, 6.07) is 10.8. The van der Waals surface area contributed by atoms with E-state index in [1.165, 1.54) is 0 Å². The Kier molecular flexibility index (Phi) is 7.05. The van der Waals surface area contributed by atoms with Gasteiger partial charge in [0, 0.05) is 50.9 Å². The minimum Gasteiger partial charge on any atom is -0.494 e. The van der Waals surface area contributed by atoms with Gasteiger partial charge in [0.2, 0.25) is 17.7 Å². The van der Waals surface area contributed by atoms with Gasteiger partial charge in [0.15, 0.2) is 0 Å². The van der Waals surface area contributed by atoms with Gasteiger partial charge < -0.3 is 19.9 Å². The monoisotopic (exact) mass is 465 g/mol. The van der Waals surface area contributed by atoms with Crippen LogP contribution in [0.3, 0.4) is 0 Å². The minimum absolute atomic E-state index is 0.159. The van der Waals surface area contributed by atoms with E-state index in [0.717, 1.165) is 16.3 Å². The van der Waals surface area contributed by atoms with Crippen molar-refractivity contribution in [3.63, 3.8) is 0 Å². The van der Waals surface area contributed by atoms with Crippen LogP contribution in [0.4, 0.5) is 11.5 Å². The molecule has 0 spiro atoms. The second kappa shape index (κ2) is 10.3. The number of hydrogen-bond acceptors (Lipinski definition) is 7. The molecular weight excluding hydrogens is 438 g/mol. The van der Waals surface area contributed by atoms with Crippen molar-refractivity contribution in [3.05, 3.63) is 48.2 Å². The van der Waals surface area contributed by atoms with Crippen LogP contribution >= 0.6 is 0 Å². The summed E-state index contributed by atoms with van der Waals surface area (Å²) >= 11 is 0. The minimum atomic E-state index is -0.309. The van der Waals surface area contributed by atoms with E-state index in [9.17, 15) is 19.2 Å². The van der Waals surface area contributed by atoms with Crippen molar-refractivity contribution in [2.24, 2.45) is 0 Å². The lowest BCUT2D eigenvalue weighted by molar-refractivity contribution is -0.146. The molecule has 0 radical (unpaired) electrons. The Morgan fingerprint density at radius 2 is 1.62 bits per heavy atom. The van der Waals surface area contributed by atoms with E-state index in [2.05, 4.69) is 10.3 Å². The van der Waals surface area contributed by atoms with E-state index in [1.54, 1.807) is 28.1 Å². The molecule has 3 heterocycles. The van der Waals surface area contributed by atoms with E-state index in [-0.39, 0.29) is 43.0 Å². The molecule has 2 aliphatic heterocycles. The Labute approximate surface area is 197 Å². The number of carbonyl (C=O) groups is 4. The molecule has 178 valence electrons. The highest BCUT2D eigenvalue weighted by Gasteiger charge is 2.33. The number of nitrogens with zero attached hydrogens (tertiary/aromatic N) is 4. The maximum absolute atomic E-state index is 13.2. The van der Waals surface area contributed by atoms with Gasteiger partial charge in [0.1, 0.15) is 18.1 Å². The molecule has 0 bridgehead atoms. The Morgan fingerprint density at radius 1 is 0.971 bits per heavy atom. The molecule has 4 amide bonds. The number of ether oxygens (including phenoxy) is 1. The molecule has 2 fully saturated rings. The molecular formula is C24H27N5O5. The highest BCUT2D eigenvalue weighted by atomic mass is 16.5. The van der Waals surface area contributed by atoms with E-state index in [1.807, 2.05) is 31.2 Å². The van der Waals surface area contributed by atoms with Crippen LogP contribution in [0.5, 0.6) is 5.75 Å². The molecule has 2 aliphatic rings. The number of hydrogen-bond donors (Lipinski definition) is 1. The van der Waals surface area contributed by atoms with Crippen molar-refractivity contribution in [1.29, 1.82) is 0 Å². The lowest BCUT2D eigenvalue weighted by Gasteiger charge is -2.35. The molecule has 2 saturated heterocycles. The summed E-state index contributed by atoms with van der Waals surface area (Å²) in [5.41, 5.74) is 1.21. The summed E-state index contributed by atoms with van der Waals surface area (Å²) in [5.74, 6) is 0.124. The van der Waals surface area contributed by atoms with Gasteiger partial charge in [-0.25, -0.2) is 4.98 Å². The van der Waals surface area contributed by atoms with E-state index in [4.69, 9.17) is 4.74 Å². The molecule has 4 rings (SSSR count). The Morgan fingerprint density at radius 3 is 2.26 bits per heavy atom. The van der Waals surface area contributed by atoms with Gasteiger partial charge >= 0.3 is 0 Å². The van der Waals surface area contributed by atoms with E-state index >= 15 is 0 Å². The standard InChI is InChI=1S/C24H27N5O5/c1-2-34-18-7-5-17(6-8-18)26-23-19(4-3-11-25-23)24(33)28-14-12-27(13-15-28)22(32)16-29-20(30)9-10-21(29)31/h3-8,11H,2,9-10,12-16H2,1H3,(H,25,26). The van der Waals surface area contributed by atoms with Crippen molar-refractivity contribution in [2.45, 2.75) is 19.8 Å². The first-order valence-corrected chi connectivity index (χ1v) is 11.3. The topological polar surface area (TPSA) is 112 Å². The van der Waals surface area contributed by atoms with Gasteiger partial charge in [-0.3, -0.25) is 24.1 Å². The predicted octanol–water partition coefficient (Wildman–Crippen LogP) is 1.66. The van der Waals surface area contributed by atoms with Crippen LogP contribution in [0.15, 0.2) is 42.6 Å². The Bertz CT molecular complexity index is 1060. The zero-order valence-corrected chi connectivity index (χ0v) is 19.0. The van der Waals surface area contributed by atoms with Gasteiger partial charge in [0.05, 0.1) is 12.2 Å². The van der Waals surface area contributed by atoms with Crippen LogP contribution in [0.25, 0.3) is 0 Å². The average Bonchev–Trinajstić information content (AvgIpc) is 3.17. The first-order valence-electron chi connectivity index (χ1n) is 11.3. The van der Waals surface area contributed by atoms with Crippen molar-refractivity contribution < 1.29 is 23.9 Å². The molecule has 0 aliphatic carbocycles. The van der Waals surface area contributed by atoms with Crippen LogP contribution in [0, 0.1) is 0 Å². The molecule has 0 saturated carbocycles. The van der Waals surface area contributed by atoms with Crippen LogP contribution in [0.1, 0.15) is 30.1 Å². The van der Waals surface area contributed by atoms with Gasteiger partial charge in [-0.2, -0.15) is 0 Å². The summed E-state index contributed by atoms with van der Waals surface area (Å²) in [6.07, 6.45) is 1.93. The second-order valence-corrected chi connectivity index (χ2v) is 8.03. The second-order valence-electron chi connectivity index (χ2n) is 8.03. The number of nitrogens with one attached hydrogen (secondary N) is 1. The van der Waals surface area contributed by atoms with Gasteiger partial charge in [-0.05, 0) is 43.3 Å². The fourth-order valence-corrected chi connectivity index (χ4v) is 3.98. The summed E-state index contributed by atoms with van der Waals surface area (Å²) in [5, 5.41) is 3.19. The number of pyridine rings is 1. The van der Waals surface area contributed by atoms with Crippen LogP contribution in [0.2, 0.25) is 0 Å². The molecule has 2 aromatic rings. The maximum atomic E-state index is 13.2. The predicted molar refractivity (Wildman–Crippen MR) is 124 cm³/mol. The third-order valence-electron chi connectivity index (χ3n) is 5.83.